The Labute approximate surface area is 79.0 Å². The lowest BCUT2D eigenvalue weighted by Gasteiger charge is -2.02. The van der Waals surface area contributed by atoms with E-state index in [1.165, 1.54) is 12.8 Å². The quantitative estimate of drug-likeness (QED) is 0.770. The van der Waals surface area contributed by atoms with E-state index in [0.29, 0.717) is 5.92 Å². The number of aromatic nitrogens is 3. The van der Waals surface area contributed by atoms with Crippen LogP contribution in [0.4, 0.5) is 0 Å². The maximum atomic E-state index is 4.49. The minimum absolute atomic E-state index is 0.557. The summed E-state index contributed by atoms with van der Waals surface area (Å²) >= 11 is 0. The summed E-state index contributed by atoms with van der Waals surface area (Å²) in [6.45, 7) is 4.39. The van der Waals surface area contributed by atoms with Gasteiger partial charge in [-0.1, -0.05) is 13.8 Å². The lowest BCUT2D eigenvalue weighted by molar-refractivity contribution is 0.623. The Balaban J connectivity index is 2.03. The van der Waals surface area contributed by atoms with Gasteiger partial charge in [0, 0.05) is 12.3 Å². The van der Waals surface area contributed by atoms with Crippen molar-refractivity contribution in [2.24, 2.45) is 5.92 Å². The first-order valence-electron chi connectivity index (χ1n) is 5.22. The summed E-state index contributed by atoms with van der Waals surface area (Å²) in [5.41, 5.74) is 0. The van der Waals surface area contributed by atoms with Gasteiger partial charge in [-0.3, -0.25) is 5.10 Å². The molecule has 1 aromatic rings. The van der Waals surface area contributed by atoms with Gasteiger partial charge in [-0.05, 0) is 25.2 Å². The zero-order valence-electron chi connectivity index (χ0n) is 8.38. The van der Waals surface area contributed by atoms with Crippen molar-refractivity contribution in [3.8, 4) is 0 Å². The molecule has 0 spiro atoms. The fourth-order valence-corrected chi connectivity index (χ4v) is 1.67. The molecule has 1 aromatic heterocycles. The van der Waals surface area contributed by atoms with Crippen LogP contribution in [-0.4, -0.2) is 15.2 Å². The van der Waals surface area contributed by atoms with E-state index in [2.05, 4.69) is 29.0 Å². The molecule has 3 nitrogen and oxygen atoms in total. The van der Waals surface area contributed by atoms with Crippen LogP contribution in [-0.2, 0) is 6.42 Å². The molecule has 0 aromatic carbocycles. The summed E-state index contributed by atoms with van der Waals surface area (Å²) in [5.74, 6) is 3.48. The van der Waals surface area contributed by atoms with Gasteiger partial charge in [-0.25, -0.2) is 4.98 Å². The van der Waals surface area contributed by atoms with Gasteiger partial charge in [0.1, 0.15) is 5.82 Å². The molecule has 1 saturated carbocycles. The van der Waals surface area contributed by atoms with Crippen molar-refractivity contribution in [3.63, 3.8) is 0 Å². The van der Waals surface area contributed by atoms with Gasteiger partial charge in [0.25, 0.3) is 0 Å². The maximum Gasteiger partial charge on any atom is 0.153 e. The number of aryl methyl sites for hydroxylation is 1. The fraction of sp³-hybridized carbons (Fsp3) is 0.800. The first kappa shape index (κ1) is 8.73. The van der Waals surface area contributed by atoms with Crippen molar-refractivity contribution in [3.05, 3.63) is 11.6 Å². The normalized spacial score (nSPS) is 18.9. The van der Waals surface area contributed by atoms with Crippen LogP contribution in [0.3, 0.4) is 0 Å². The minimum atomic E-state index is 0.557. The van der Waals surface area contributed by atoms with E-state index in [0.717, 1.165) is 30.4 Å². The molecule has 0 amide bonds. The highest BCUT2D eigenvalue weighted by Crippen LogP contribution is 2.40. The lowest BCUT2D eigenvalue weighted by Crippen LogP contribution is -1.98. The highest BCUT2D eigenvalue weighted by atomic mass is 15.2. The molecule has 0 radical (unpaired) electrons. The van der Waals surface area contributed by atoms with Crippen molar-refractivity contribution in [2.45, 2.75) is 45.4 Å². The molecule has 1 heterocycles. The summed E-state index contributed by atoms with van der Waals surface area (Å²) < 4.78 is 0. The van der Waals surface area contributed by atoms with Crippen molar-refractivity contribution in [1.29, 1.82) is 0 Å². The first-order valence-corrected chi connectivity index (χ1v) is 5.22. The van der Waals surface area contributed by atoms with Crippen LogP contribution in [0, 0.1) is 5.92 Å². The lowest BCUT2D eigenvalue weighted by atomic mass is 10.1. The van der Waals surface area contributed by atoms with Crippen molar-refractivity contribution in [1.82, 2.24) is 15.2 Å². The zero-order valence-corrected chi connectivity index (χ0v) is 8.38. The molecule has 0 aliphatic heterocycles. The van der Waals surface area contributed by atoms with Crippen LogP contribution in [0.5, 0.6) is 0 Å². The topological polar surface area (TPSA) is 41.6 Å². The Hall–Kier alpha value is -0.860. The molecular formula is C10H17N3. The second kappa shape index (κ2) is 3.48. The molecule has 2 rings (SSSR count). The van der Waals surface area contributed by atoms with E-state index in [1.54, 1.807) is 0 Å². The molecule has 72 valence electrons. The number of nitrogens with one attached hydrogen (secondary N) is 1. The van der Waals surface area contributed by atoms with Crippen molar-refractivity contribution >= 4 is 0 Å². The summed E-state index contributed by atoms with van der Waals surface area (Å²) in [4.78, 5) is 4.49. The molecule has 1 N–H and O–H groups in total. The predicted molar refractivity (Wildman–Crippen MR) is 51.5 cm³/mol. The molecule has 1 aliphatic rings. The van der Waals surface area contributed by atoms with E-state index in [-0.39, 0.29) is 0 Å². The van der Waals surface area contributed by atoms with Gasteiger partial charge < -0.3 is 0 Å². The third-order valence-electron chi connectivity index (χ3n) is 2.77. The highest BCUT2D eigenvalue weighted by Gasteiger charge is 2.31. The Bertz CT molecular complexity index is 275. The average molecular weight is 179 g/mol. The monoisotopic (exact) mass is 179 g/mol. The van der Waals surface area contributed by atoms with Gasteiger partial charge in [0.2, 0.25) is 0 Å². The summed E-state index contributed by atoms with van der Waals surface area (Å²) in [7, 11) is 0. The molecule has 1 atom stereocenters. The molecule has 3 heteroatoms. The molecule has 1 aliphatic carbocycles. The van der Waals surface area contributed by atoms with Crippen LogP contribution in [0.1, 0.15) is 50.7 Å². The SMILES string of the molecule is CCCc1nc(C(C)C2CC2)n[nH]1. The molecule has 0 bridgehead atoms. The van der Waals surface area contributed by atoms with E-state index in [1.807, 2.05) is 0 Å². The molecular weight excluding hydrogens is 162 g/mol. The highest BCUT2D eigenvalue weighted by molar-refractivity contribution is 5.02. The Morgan fingerprint density at radius 1 is 1.54 bits per heavy atom. The Morgan fingerprint density at radius 2 is 2.31 bits per heavy atom. The van der Waals surface area contributed by atoms with Crippen LogP contribution in [0.15, 0.2) is 0 Å². The number of H-pyrrole nitrogens is 1. The molecule has 1 fully saturated rings. The first-order chi connectivity index (χ1) is 6.31. The molecule has 1 unspecified atom stereocenters. The van der Waals surface area contributed by atoms with E-state index in [4.69, 9.17) is 0 Å². The van der Waals surface area contributed by atoms with Crippen LogP contribution in [0.25, 0.3) is 0 Å². The average Bonchev–Trinajstić information content (AvgIpc) is 2.87. The summed E-state index contributed by atoms with van der Waals surface area (Å²) in [6, 6.07) is 0. The fourth-order valence-electron chi connectivity index (χ4n) is 1.67. The van der Waals surface area contributed by atoms with Crippen molar-refractivity contribution in [2.75, 3.05) is 0 Å². The Kier molecular flexibility index (Phi) is 2.34. The second-order valence-electron chi connectivity index (χ2n) is 4.02. The predicted octanol–water partition coefficient (Wildman–Crippen LogP) is 2.27. The number of aromatic amines is 1. The van der Waals surface area contributed by atoms with E-state index >= 15 is 0 Å². The Morgan fingerprint density at radius 3 is 2.92 bits per heavy atom. The largest absolute Gasteiger partial charge is 0.263 e. The summed E-state index contributed by atoms with van der Waals surface area (Å²) in [5, 5.41) is 7.27. The number of rotatable bonds is 4. The van der Waals surface area contributed by atoms with Gasteiger partial charge in [-0.2, -0.15) is 5.10 Å². The van der Waals surface area contributed by atoms with Crippen LogP contribution < -0.4 is 0 Å². The number of hydrogen-bond donors (Lipinski definition) is 1. The zero-order chi connectivity index (χ0) is 9.26. The third kappa shape index (κ3) is 1.90. The third-order valence-corrected chi connectivity index (χ3v) is 2.77. The standard InChI is InChI=1S/C10H17N3/c1-3-4-9-11-10(13-12-9)7(2)8-5-6-8/h7-8H,3-6H2,1-2H3,(H,11,12,13). The van der Waals surface area contributed by atoms with Gasteiger partial charge in [0.05, 0.1) is 0 Å². The van der Waals surface area contributed by atoms with Crippen molar-refractivity contribution < 1.29 is 0 Å². The molecule has 0 saturated heterocycles. The molecule has 13 heavy (non-hydrogen) atoms. The second-order valence-corrected chi connectivity index (χ2v) is 4.02. The van der Waals surface area contributed by atoms with E-state index in [9.17, 15) is 0 Å². The minimum Gasteiger partial charge on any atom is -0.263 e. The smallest absolute Gasteiger partial charge is 0.153 e. The maximum absolute atomic E-state index is 4.49. The van der Waals surface area contributed by atoms with E-state index < -0.39 is 0 Å². The number of nitrogens with zero attached hydrogens (tertiary/aromatic N) is 2. The van der Waals surface area contributed by atoms with Gasteiger partial charge in [-0.15, -0.1) is 0 Å². The van der Waals surface area contributed by atoms with Gasteiger partial charge >= 0.3 is 0 Å². The van der Waals surface area contributed by atoms with Gasteiger partial charge in [0.15, 0.2) is 5.82 Å². The van der Waals surface area contributed by atoms with Crippen LogP contribution in [0.2, 0.25) is 0 Å². The van der Waals surface area contributed by atoms with Crippen LogP contribution >= 0.6 is 0 Å². The summed E-state index contributed by atoms with van der Waals surface area (Å²) in [6.07, 6.45) is 4.87. The number of hydrogen-bond acceptors (Lipinski definition) is 2.